The van der Waals surface area contributed by atoms with E-state index in [2.05, 4.69) is 13.8 Å². The van der Waals surface area contributed by atoms with Crippen LogP contribution in [0.3, 0.4) is 0 Å². The highest BCUT2D eigenvalue weighted by Gasteiger charge is 2.25. The van der Waals surface area contributed by atoms with Crippen LogP contribution in [0, 0.1) is 0 Å². The second-order valence-electron chi connectivity index (χ2n) is 7.05. The fourth-order valence-electron chi connectivity index (χ4n) is 3.08. The number of quaternary nitrogens is 1. The van der Waals surface area contributed by atoms with E-state index >= 15 is 0 Å². The molecule has 0 saturated heterocycles. The number of likely N-dealkylation sites (N-methyl/N-ethyl adjacent to an activating group) is 1. The summed E-state index contributed by atoms with van der Waals surface area (Å²) < 4.78 is 0.298. The Hall–Kier alpha value is -0.160. The second kappa shape index (κ2) is 15.4. The van der Waals surface area contributed by atoms with Crippen molar-refractivity contribution in [3.63, 3.8) is 0 Å². The molecular weight excluding hydrogens is 290 g/mol. The lowest BCUT2D eigenvalue weighted by molar-refractivity contribution is -1.09. The number of aliphatic hydroxyl groups excluding tert-OH is 1. The van der Waals surface area contributed by atoms with Gasteiger partial charge >= 0.3 is 0 Å². The lowest BCUT2D eigenvalue weighted by Crippen LogP contribution is -2.49. The first kappa shape index (κ1) is 22.8. The summed E-state index contributed by atoms with van der Waals surface area (Å²) in [5, 5.41) is 18.3. The van der Waals surface area contributed by atoms with Gasteiger partial charge in [0.2, 0.25) is 6.29 Å². The molecule has 1 atom stereocenters. The third kappa shape index (κ3) is 15.1. The number of aliphatic hydroxyl groups is 2. The van der Waals surface area contributed by atoms with Crippen molar-refractivity contribution >= 4 is 0 Å². The number of hydrogen-bond acceptors (Lipinski definition) is 3. The molecule has 0 spiro atoms. The molecule has 1 unspecified atom stereocenters. The fourth-order valence-corrected chi connectivity index (χ4v) is 3.08. The number of nitrogens with zero attached hydrogens (tertiary/aromatic N) is 1. The van der Waals surface area contributed by atoms with Crippen LogP contribution >= 0.6 is 0 Å². The van der Waals surface area contributed by atoms with Crippen molar-refractivity contribution in [1.29, 1.82) is 0 Å². The van der Waals surface area contributed by atoms with Gasteiger partial charge in [0, 0.05) is 0 Å². The molecule has 0 aliphatic carbocycles. The zero-order valence-corrected chi connectivity index (χ0v) is 15.9. The normalized spacial score (nSPS) is 14.3. The van der Waals surface area contributed by atoms with Crippen molar-refractivity contribution in [1.82, 2.24) is 0 Å². The molecule has 0 radical (unpaired) electrons. The Balaban J connectivity index is 3.46. The van der Waals surface area contributed by atoms with Gasteiger partial charge in [0.1, 0.15) is 13.2 Å². The van der Waals surface area contributed by atoms with Crippen LogP contribution in [0.1, 0.15) is 90.9 Å². The smallest absolute Gasteiger partial charge is 0.205 e. The van der Waals surface area contributed by atoms with Gasteiger partial charge < -0.3 is 10.2 Å². The lowest BCUT2D eigenvalue weighted by Gasteiger charge is -2.31. The summed E-state index contributed by atoms with van der Waals surface area (Å²) in [6.07, 6.45) is 14.3. The molecule has 0 aromatic rings. The van der Waals surface area contributed by atoms with E-state index < -0.39 is 6.29 Å². The van der Waals surface area contributed by atoms with Crippen molar-refractivity contribution in [2.45, 2.75) is 97.2 Å². The van der Waals surface area contributed by atoms with E-state index in [-0.39, 0.29) is 6.54 Å². The van der Waals surface area contributed by atoms with Crippen LogP contribution in [0.2, 0.25) is 0 Å². The van der Waals surface area contributed by atoms with E-state index in [1.165, 1.54) is 64.2 Å². The van der Waals surface area contributed by atoms with Crippen molar-refractivity contribution in [2.24, 2.45) is 0 Å². The lowest BCUT2D eigenvalue weighted by atomic mass is 10.1. The molecule has 0 rings (SSSR count). The highest BCUT2D eigenvalue weighted by atomic mass is 16.7. The van der Waals surface area contributed by atoms with Crippen LogP contribution in [0.15, 0.2) is 0 Å². The highest BCUT2D eigenvalue weighted by Crippen LogP contribution is 2.12. The maximum atomic E-state index is 9.17. The molecule has 0 heterocycles. The molecule has 0 fully saturated rings. The van der Waals surface area contributed by atoms with Crippen LogP contribution in [0.25, 0.3) is 0 Å². The molecule has 0 aliphatic rings. The van der Waals surface area contributed by atoms with Gasteiger partial charge in [0.15, 0.2) is 6.54 Å². The highest BCUT2D eigenvalue weighted by molar-refractivity contribution is 4.47. The van der Waals surface area contributed by atoms with E-state index in [1.54, 1.807) is 0 Å². The fraction of sp³-hybridized carbons (Fsp3) is 1.00. The molecule has 140 valence electrons. The standard InChI is InChI=1S/C19H42NO3/c1-4-6-7-8-9-10-11-12-13-14-15-17-23-20(3,16-5-2)18-19(21)22/h19,21-22H,4-18H2,1-3H3/q+1. The van der Waals surface area contributed by atoms with Crippen molar-refractivity contribution in [3.05, 3.63) is 0 Å². The topological polar surface area (TPSA) is 49.7 Å². The molecule has 4 nitrogen and oxygen atoms in total. The Morgan fingerprint density at radius 1 is 0.739 bits per heavy atom. The van der Waals surface area contributed by atoms with Crippen molar-refractivity contribution in [3.8, 4) is 0 Å². The Morgan fingerprint density at radius 3 is 1.65 bits per heavy atom. The molecule has 0 aliphatic heterocycles. The molecule has 0 bridgehead atoms. The Morgan fingerprint density at radius 2 is 1.22 bits per heavy atom. The summed E-state index contributed by atoms with van der Waals surface area (Å²) in [7, 11) is 1.93. The Kier molecular flexibility index (Phi) is 15.3. The summed E-state index contributed by atoms with van der Waals surface area (Å²) in [5.41, 5.74) is 0. The van der Waals surface area contributed by atoms with Crippen molar-refractivity contribution in [2.75, 3.05) is 26.7 Å². The van der Waals surface area contributed by atoms with E-state index in [1.807, 2.05) is 7.05 Å². The van der Waals surface area contributed by atoms with Gasteiger partial charge in [-0.1, -0.05) is 78.1 Å². The van der Waals surface area contributed by atoms with Crippen LogP contribution < -0.4 is 0 Å². The molecule has 23 heavy (non-hydrogen) atoms. The van der Waals surface area contributed by atoms with Gasteiger partial charge in [0.25, 0.3) is 0 Å². The van der Waals surface area contributed by atoms with E-state index in [0.717, 1.165) is 19.4 Å². The predicted molar refractivity (Wildman–Crippen MR) is 96.8 cm³/mol. The number of rotatable bonds is 17. The third-order valence-corrected chi connectivity index (χ3v) is 4.40. The Bertz CT molecular complexity index is 249. The first-order valence-corrected chi connectivity index (χ1v) is 9.89. The van der Waals surface area contributed by atoms with Crippen LogP contribution in [0.4, 0.5) is 0 Å². The SMILES string of the molecule is CCCCCCCCCCCCCO[N+](C)(CCC)CC(O)O. The van der Waals surface area contributed by atoms with Crippen LogP contribution in [0.5, 0.6) is 0 Å². The van der Waals surface area contributed by atoms with Gasteiger partial charge in [-0.05, 0) is 12.8 Å². The van der Waals surface area contributed by atoms with E-state index in [9.17, 15) is 0 Å². The minimum Gasteiger partial charge on any atom is -0.364 e. The average Bonchev–Trinajstić information content (AvgIpc) is 2.48. The quantitative estimate of drug-likeness (QED) is 0.180. The molecule has 0 amide bonds. The number of unbranched alkanes of at least 4 members (excludes halogenated alkanes) is 10. The molecule has 0 aromatic carbocycles. The number of hydrogen-bond donors (Lipinski definition) is 2. The molecule has 2 N–H and O–H groups in total. The second-order valence-corrected chi connectivity index (χ2v) is 7.05. The van der Waals surface area contributed by atoms with Crippen molar-refractivity contribution < 1.29 is 19.7 Å². The molecule has 0 aromatic heterocycles. The molecular formula is C19H42NO3+. The largest absolute Gasteiger partial charge is 0.364 e. The van der Waals surface area contributed by atoms with Gasteiger partial charge in [0.05, 0.1) is 7.05 Å². The Labute approximate surface area is 144 Å². The maximum Gasteiger partial charge on any atom is 0.205 e. The summed E-state index contributed by atoms with van der Waals surface area (Å²) in [4.78, 5) is 5.88. The summed E-state index contributed by atoms with van der Waals surface area (Å²) >= 11 is 0. The van der Waals surface area contributed by atoms with Crippen LogP contribution in [-0.2, 0) is 4.84 Å². The summed E-state index contributed by atoms with van der Waals surface area (Å²) in [5.74, 6) is 0. The van der Waals surface area contributed by atoms with Crippen LogP contribution in [-0.4, -0.2) is 47.9 Å². The van der Waals surface area contributed by atoms with E-state index in [4.69, 9.17) is 15.1 Å². The summed E-state index contributed by atoms with van der Waals surface area (Å²) in [6.45, 7) is 6.12. The zero-order chi connectivity index (χ0) is 17.4. The monoisotopic (exact) mass is 332 g/mol. The minimum atomic E-state index is -1.30. The van der Waals surface area contributed by atoms with Gasteiger partial charge in [-0.15, -0.1) is 0 Å². The third-order valence-electron chi connectivity index (χ3n) is 4.40. The summed E-state index contributed by atoms with van der Waals surface area (Å²) in [6, 6.07) is 0. The first-order valence-electron chi connectivity index (χ1n) is 9.89. The molecule has 4 heteroatoms. The number of hydroxylamine groups is 3. The average molecular weight is 333 g/mol. The maximum absolute atomic E-state index is 9.17. The minimum absolute atomic E-state index is 0.242. The first-order chi connectivity index (χ1) is 11.0. The van der Waals surface area contributed by atoms with Gasteiger partial charge in [-0.2, -0.15) is 4.65 Å². The van der Waals surface area contributed by atoms with Gasteiger partial charge in [-0.25, -0.2) is 4.84 Å². The zero-order valence-electron chi connectivity index (χ0n) is 15.9. The van der Waals surface area contributed by atoms with E-state index in [0.29, 0.717) is 11.3 Å². The molecule has 0 saturated carbocycles. The van der Waals surface area contributed by atoms with Gasteiger partial charge in [-0.3, -0.25) is 0 Å². The predicted octanol–water partition coefficient (Wildman–Crippen LogP) is 4.40.